The minimum absolute atomic E-state index is 0.138. The summed E-state index contributed by atoms with van der Waals surface area (Å²) in [4.78, 5) is 13.4. The molecule has 0 bridgehead atoms. The molecule has 0 aliphatic carbocycles. The van der Waals surface area contributed by atoms with Crippen LogP contribution in [-0.4, -0.2) is 70.6 Å². The van der Waals surface area contributed by atoms with Crippen LogP contribution in [0.1, 0.15) is 39.0 Å². The van der Waals surface area contributed by atoms with Crippen molar-refractivity contribution < 1.29 is 20.1 Å². The lowest BCUT2D eigenvalue weighted by atomic mass is 10.1. The molecular formula is C14H28N2O4. The third-order valence-corrected chi connectivity index (χ3v) is 4.12. The third kappa shape index (κ3) is 4.15. The van der Waals surface area contributed by atoms with E-state index in [4.69, 9.17) is 0 Å². The molecule has 4 atom stereocenters. The van der Waals surface area contributed by atoms with Crippen LogP contribution in [0.4, 0.5) is 0 Å². The highest BCUT2D eigenvalue weighted by atomic mass is 16.3. The van der Waals surface area contributed by atoms with Crippen LogP contribution in [0.2, 0.25) is 0 Å². The van der Waals surface area contributed by atoms with Crippen LogP contribution >= 0.6 is 0 Å². The summed E-state index contributed by atoms with van der Waals surface area (Å²) in [6, 6.07) is -0.912. The van der Waals surface area contributed by atoms with Gasteiger partial charge in [0.1, 0.15) is 0 Å². The van der Waals surface area contributed by atoms with Gasteiger partial charge in [-0.3, -0.25) is 9.69 Å². The van der Waals surface area contributed by atoms with Gasteiger partial charge in [0, 0.05) is 19.5 Å². The van der Waals surface area contributed by atoms with E-state index in [1.807, 2.05) is 4.90 Å². The zero-order chi connectivity index (χ0) is 15.1. The fourth-order valence-corrected chi connectivity index (χ4v) is 2.89. The van der Waals surface area contributed by atoms with E-state index in [1.54, 1.807) is 7.05 Å². The summed E-state index contributed by atoms with van der Waals surface area (Å²) in [5, 5.41) is 32.1. The van der Waals surface area contributed by atoms with Gasteiger partial charge in [-0.15, -0.1) is 0 Å². The van der Waals surface area contributed by atoms with E-state index >= 15 is 0 Å². The normalized spacial score (nSPS) is 30.6. The van der Waals surface area contributed by atoms with Crippen molar-refractivity contribution in [3.8, 4) is 0 Å². The molecule has 1 rings (SSSR count). The molecule has 0 unspecified atom stereocenters. The molecule has 0 aromatic rings. The average Bonchev–Trinajstić information content (AvgIpc) is 2.67. The second-order valence-corrected chi connectivity index (χ2v) is 5.47. The van der Waals surface area contributed by atoms with Crippen LogP contribution in [0.25, 0.3) is 0 Å². The Morgan fingerprint density at radius 2 is 1.80 bits per heavy atom. The van der Waals surface area contributed by atoms with Crippen molar-refractivity contribution in [1.82, 2.24) is 10.2 Å². The topological polar surface area (TPSA) is 93.0 Å². The van der Waals surface area contributed by atoms with Crippen molar-refractivity contribution in [1.29, 1.82) is 0 Å². The highest BCUT2D eigenvalue weighted by Crippen LogP contribution is 2.28. The van der Waals surface area contributed by atoms with Crippen molar-refractivity contribution in [3.05, 3.63) is 0 Å². The largest absolute Gasteiger partial charge is 0.395 e. The number of carbonyl (C=O) groups is 1. The van der Waals surface area contributed by atoms with Gasteiger partial charge in [0.25, 0.3) is 0 Å². The van der Waals surface area contributed by atoms with Crippen LogP contribution in [0.5, 0.6) is 0 Å². The summed E-state index contributed by atoms with van der Waals surface area (Å²) in [6.07, 6.45) is 2.44. The van der Waals surface area contributed by atoms with Crippen LogP contribution < -0.4 is 5.32 Å². The first kappa shape index (κ1) is 17.4. The number of carbonyl (C=O) groups excluding carboxylic acids is 1. The average molecular weight is 288 g/mol. The number of hydrogen-bond donors (Lipinski definition) is 4. The Balaban J connectivity index is 2.67. The number of nitrogens with zero attached hydrogens (tertiary/aromatic N) is 1. The monoisotopic (exact) mass is 288 g/mol. The zero-order valence-corrected chi connectivity index (χ0v) is 12.5. The van der Waals surface area contributed by atoms with Gasteiger partial charge in [-0.1, -0.05) is 26.2 Å². The third-order valence-electron chi connectivity index (χ3n) is 4.12. The molecule has 1 fully saturated rings. The number of unbranched alkanes of at least 4 members (excludes halogenated alkanes) is 3. The molecule has 118 valence electrons. The van der Waals surface area contributed by atoms with Gasteiger partial charge in [-0.05, 0) is 13.0 Å². The van der Waals surface area contributed by atoms with Crippen LogP contribution in [0.3, 0.4) is 0 Å². The lowest BCUT2D eigenvalue weighted by Gasteiger charge is -2.29. The zero-order valence-electron chi connectivity index (χ0n) is 12.5. The Hall–Kier alpha value is -0.690. The molecule has 6 heteroatoms. The minimum atomic E-state index is -0.999. The molecule has 0 aromatic heterocycles. The van der Waals surface area contributed by atoms with E-state index in [9.17, 15) is 20.1 Å². The molecule has 1 aliphatic heterocycles. The van der Waals surface area contributed by atoms with Crippen LogP contribution in [-0.2, 0) is 4.79 Å². The van der Waals surface area contributed by atoms with Crippen molar-refractivity contribution in [2.75, 3.05) is 20.2 Å². The molecule has 0 radical (unpaired) electrons. The Bertz CT molecular complexity index is 301. The van der Waals surface area contributed by atoms with Gasteiger partial charge in [0.05, 0.1) is 24.9 Å². The second-order valence-electron chi connectivity index (χ2n) is 5.47. The summed E-state index contributed by atoms with van der Waals surface area (Å²) in [7, 11) is 1.55. The Labute approximate surface area is 120 Å². The Morgan fingerprint density at radius 1 is 1.15 bits per heavy atom. The highest BCUT2D eigenvalue weighted by Gasteiger charge is 2.47. The second kappa shape index (κ2) is 8.56. The summed E-state index contributed by atoms with van der Waals surface area (Å²) >= 11 is 0. The van der Waals surface area contributed by atoms with Crippen LogP contribution in [0.15, 0.2) is 0 Å². The van der Waals surface area contributed by atoms with E-state index in [2.05, 4.69) is 12.2 Å². The van der Waals surface area contributed by atoms with E-state index < -0.39 is 24.3 Å². The lowest BCUT2D eigenvalue weighted by molar-refractivity contribution is -0.122. The Kier molecular flexibility index (Phi) is 7.43. The van der Waals surface area contributed by atoms with Crippen molar-refractivity contribution >= 4 is 5.91 Å². The number of hydrogen-bond acceptors (Lipinski definition) is 5. The van der Waals surface area contributed by atoms with Gasteiger partial charge < -0.3 is 20.6 Å². The maximum absolute atomic E-state index is 11.5. The first-order valence-corrected chi connectivity index (χ1v) is 7.50. The first-order valence-electron chi connectivity index (χ1n) is 7.50. The molecule has 0 saturated carbocycles. The predicted molar refractivity (Wildman–Crippen MR) is 76.2 cm³/mol. The summed E-state index contributed by atoms with van der Waals surface area (Å²) in [6.45, 7) is 2.60. The van der Waals surface area contributed by atoms with Gasteiger partial charge in [0.15, 0.2) is 0 Å². The van der Waals surface area contributed by atoms with Crippen LogP contribution in [0, 0.1) is 0 Å². The summed E-state index contributed by atoms with van der Waals surface area (Å²) < 4.78 is 0. The van der Waals surface area contributed by atoms with Gasteiger partial charge in [0.2, 0.25) is 5.91 Å². The maximum atomic E-state index is 11.5. The molecule has 1 aliphatic rings. The Morgan fingerprint density at radius 3 is 2.35 bits per heavy atom. The molecule has 1 amide bonds. The van der Waals surface area contributed by atoms with Gasteiger partial charge in [-0.25, -0.2) is 0 Å². The molecule has 0 aromatic carbocycles. The number of likely N-dealkylation sites (tertiary alicyclic amines) is 1. The van der Waals surface area contributed by atoms with E-state index in [-0.39, 0.29) is 18.9 Å². The molecular weight excluding hydrogens is 260 g/mol. The predicted octanol–water partition coefficient (Wildman–Crippen LogP) is -0.530. The van der Waals surface area contributed by atoms with Crippen molar-refractivity contribution in [2.24, 2.45) is 0 Å². The highest BCUT2D eigenvalue weighted by molar-refractivity contribution is 5.76. The van der Waals surface area contributed by atoms with Gasteiger partial charge in [-0.2, -0.15) is 0 Å². The van der Waals surface area contributed by atoms with Crippen molar-refractivity contribution in [2.45, 2.75) is 63.3 Å². The lowest BCUT2D eigenvalue weighted by Crippen LogP contribution is -2.43. The SMILES string of the molecule is CCCCCCN1[C@H](CC(=O)NC)[C@@H](O)[C@H](O)[C@@H]1CO. The molecule has 20 heavy (non-hydrogen) atoms. The summed E-state index contributed by atoms with van der Waals surface area (Å²) in [5.41, 5.74) is 0. The molecule has 1 heterocycles. The van der Waals surface area contributed by atoms with E-state index in [0.717, 1.165) is 25.7 Å². The van der Waals surface area contributed by atoms with E-state index in [0.29, 0.717) is 6.54 Å². The van der Waals surface area contributed by atoms with E-state index in [1.165, 1.54) is 0 Å². The first-order chi connectivity index (χ1) is 9.56. The molecule has 1 saturated heterocycles. The van der Waals surface area contributed by atoms with Crippen molar-refractivity contribution in [3.63, 3.8) is 0 Å². The van der Waals surface area contributed by atoms with Gasteiger partial charge >= 0.3 is 0 Å². The number of aliphatic hydroxyl groups excluding tert-OH is 3. The summed E-state index contributed by atoms with van der Waals surface area (Å²) in [5.74, 6) is -0.168. The smallest absolute Gasteiger partial charge is 0.221 e. The number of nitrogens with one attached hydrogen (secondary N) is 1. The fraction of sp³-hybridized carbons (Fsp3) is 0.929. The number of rotatable bonds is 8. The standard InChI is InChI=1S/C14H28N2O4/c1-3-4-5-6-7-16-10(8-12(18)15-2)13(19)14(20)11(16)9-17/h10-11,13-14,17,19-20H,3-9H2,1-2H3,(H,15,18)/t10-,11+,13-,14-/m1/s1. The molecule has 0 spiro atoms. The molecule has 4 N–H and O–H groups in total. The quantitative estimate of drug-likeness (QED) is 0.451. The number of aliphatic hydroxyl groups is 3. The molecule has 6 nitrogen and oxygen atoms in total. The number of amides is 1. The maximum Gasteiger partial charge on any atom is 0.221 e. The minimum Gasteiger partial charge on any atom is -0.395 e. The fourth-order valence-electron chi connectivity index (χ4n) is 2.89.